The lowest BCUT2D eigenvalue weighted by molar-refractivity contribution is 0.102. The molecule has 0 bridgehead atoms. The molecule has 0 saturated heterocycles. The summed E-state index contributed by atoms with van der Waals surface area (Å²) in [7, 11) is 0. The summed E-state index contributed by atoms with van der Waals surface area (Å²) in [6.45, 7) is 2.09. The SMILES string of the molecule is CCc1ccc(C(=O)Nc2ccc(Oc3ccccc3)cc2)cc1. The molecular formula is C21H19NO2. The van der Waals surface area contributed by atoms with Gasteiger partial charge in [-0.05, 0) is 60.5 Å². The van der Waals surface area contributed by atoms with Crippen LogP contribution in [0.5, 0.6) is 11.5 Å². The van der Waals surface area contributed by atoms with E-state index in [0.29, 0.717) is 5.56 Å². The Morgan fingerprint density at radius 2 is 1.46 bits per heavy atom. The molecule has 120 valence electrons. The first kappa shape index (κ1) is 15.8. The highest BCUT2D eigenvalue weighted by Gasteiger charge is 2.06. The smallest absolute Gasteiger partial charge is 0.255 e. The molecule has 0 aliphatic heterocycles. The lowest BCUT2D eigenvalue weighted by Gasteiger charge is -2.08. The van der Waals surface area contributed by atoms with Gasteiger partial charge in [0.15, 0.2) is 0 Å². The molecule has 0 atom stereocenters. The summed E-state index contributed by atoms with van der Waals surface area (Å²) >= 11 is 0. The third-order valence-corrected chi connectivity index (χ3v) is 3.72. The van der Waals surface area contributed by atoms with Crippen LogP contribution >= 0.6 is 0 Å². The molecule has 3 aromatic carbocycles. The Morgan fingerprint density at radius 3 is 2.08 bits per heavy atom. The third-order valence-electron chi connectivity index (χ3n) is 3.72. The van der Waals surface area contributed by atoms with Gasteiger partial charge >= 0.3 is 0 Å². The minimum Gasteiger partial charge on any atom is -0.457 e. The summed E-state index contributed by atoms with van der Waals surface area (Å²) in [5.41, 5.74) is 2.60. The number of nitrogens with one attached hydrogen (secondary N) is 1. The summed E-state index contributed by atoms with van der Waals surface area (Å²) in [5.74, 6) is 1.39. The summed E-state index contributed by atoms with van der Waals surface area (Å²) in [6.07, 6.45) is 0.963. The predicted molar refractivity (Wildman–Crippen MR) is 96.7 cm³/mol. The van der Waals surface area contributed by atoms with Crippen molar-refractivity contribution in [2.45, 2.75) is 13.3 Å². The van der Waals surface area contributed by atoms with E-state index in [1.165, 1.54) is 5.56 Å². The number of ether oxygens (including phenoxy) is 1. The van der Waals surface area contributed by atoms with Gasteiger partial charge in [-0.25, -0.2) is 0 Å². The van der Waals surface area contributed by atoms with Gasteiger partial charge in [0, 0.05) is 11.3 Å². The van der Waals surface area contributed by atoms with Crippen LogP contribution in [0.4, 0.5) is 5.69 Å². The maximum Gasteiger partial charge on any atom is 0.255 e. The van der Waals surface area contributed by atoms with Crippen molar-refractivity contribution < 1.29 is 9.53 Å². The van der Waals surface area contributed by atoms with E-state index in [2.05, 4.69) is 12.2 Å². The van der Waals surface area contributed by atoms with Crippen LogP contribution in [-0.4, -0.2) is 5.91 Å². The van der Waals surface area contributed by atoms with Crippen molar-refractivity contribution in [2.75, 3.05) is 5.32 Å². The molecule has 24 heavy (non-hydrogen) atoms. The molecule has 0 fully saturated rings. The van der Waals surface area contributed by atoms with E-state index in [1.807, 2.05) is 78.9 Å². The molecule has 3 nitrogen and oxygen atoms in total. The molecule has 0 radical (unpaired) electrons. The Morgan fingerprint density at radius 1 is 0.833 bits per heavy atom. The first-order valence-electron chi connectivity index (χ1n) is 7.98. The van der Waals surface area contributed by atoms with E-state index in [9.17, 15) is 4.79 Å². The molecule has 0 heterocycles. The number of carbonyl (C=O) groups is 1. The van der Waals surface area contributed by atoms with Gasteiger partial charge in [0.1, 0.15) is 11.5 Å². The molecule has 1 N–H and O–H groups in total. The molecule has 0 aliphatic carbocycles. The zero-order valence-corrected chi connectivity index (χ0v) is 13.5. The minimum absolute atomic E-state index is 0.116. The average Bonchev–Trinajstić information content (AvgIpc) is 2.64. The van der Waals surface area contributed by atoms with Gasteiger partial charge in [0.05, 0.1) is 0 Å². The second-order valence-corrected chi connectivity index (χ2v) is 5.44. The topological polar surface area (TPSA) is 38.3 Å². The van der Waals surface area contributed by atoms with Crippen molar-refractivity contribution in [3.8, 4) is 11.5 Å². The van der Waals surface area contributed by atoms with Crippen molar-refractivity contribution in [3.63, 3.8) is 0 Å². The molecule has 3 aromatic rings. The summed E-state index contributed by atoms with van der Waals surface area (Å²) < 4.78 is 5.74. The fraction of sp³-hybridized carbons (Fsp3) is 0.0952. The van der Waals surface area contributed by atoms with Crippen molar-refractivity contribution >= 4 is 11.6 Å². The zero-order valence-electron chi connectivity index (χ0n) is 13.5. The maximum absolute atomic E-state index is 12.2. The van der Waals surface area contributed by atoms with Crippen LogP contribution in [0.3, 0.4) is 0 Å². The van der Waals surface area contributed by atoms with E-state index >= 15 is 0 Å². The number of benzene rings is 3. The second-order valence-electron chi connectivity index (χ2n) is 5.44. The average molecular weight is 317 g/mol. The van der Waals surface area contributed by atoms with Crippen LogP contribution in [0.1, 0.15) is 22.8 Å². The summed E-state index contributed by atoms with van der Waals surface area (Å²) in [4.78, 5) is 12.2. The zero-order chi connectivity index (χ0) is 16.8. The van der Waals surface area contributed by atoms with Crippen molar-refractivity contribution in [2.24, 2.45) is 0 Å². The third kappa shape index (κ3) is 4.02. The van der Waals surface area contributed by atoms with Gasteiger partial charge in [0.25, 0.3) is 5.91 Å². The second kappa shape index (κ2) is 7.47. The minimum atomic E-state index is -0.116. The quantitative estimate of drug-likeness (QED) is 0.694. The van der Waals surface area contributed by atoms with Crippen LogP contribution in [0.2, 0.25) is 0 Å². The summed E-state index contributed by atoms with van der Waals surface area (Å²) in [5, 5.41) is 2.89. The van der Waals surface area contributed by atoms with Gasteiger partial charge in [0.2, 0.25) is 0 Å². The van der Waals surface area contributed by atoms with Gasteiger partial charge < -0.3 is 10.1 Å². The molecule has 1 amide bonds. The van der Waals surface area contributed by atoms with E-state index in [-0.39, 0.29) is 5.91 Å². The van der Waals surface area contributed by atoms with Crippen molar-refractivity contribution in [3.05, 3.63) is 90.0 Å². The van der Waals surface area contributed by atoms with E-state index in [1.54, 1.807) is 0 Å². The molecule has 0 spiro atoms. The van der Waals surface area contributed by atoms with Crippen molar-refractivity contribution in [1.29, 1.82) is 0 Å². The molecule has 3 rings (SSSR count). The molecule has 0 saturated carbocycles. The molecular weight excluding hydrogens is 298 g/mol. The number of para-hydroxylation sites is 1. The van der Waals surface area contributed by atoms with E-state index in [0.717, 1.165) is 23.6 Å². The van der Waals surface area contributed by atoms with Gasteiger partial charge in [-0.2, -0.15) is 0 Å². The van der Waals surface area contributed by atoms with Gasteiger partial charge in [-0.1, -0.05) is 37.3 Å². The Bertz CT molecular complexity index is 794. The number of amides is 1. The Balaban J connectivity index is 1.64. The lowest BCUT2D eigenvalue weighted by atomic mass is 10.1. The Hall–Kier alpha value is -3.07. The highest BCUT2D eigenvalue weighted by Crippen LogP contribution is 2.22. The van der Waals surface area contributed by atoms with E-state index < -0.39 is 0 Å². The predicted octanol–water partition coefficient (Wildman–Crippen LogP) is 5.29. The number of carbonyl (C=O) groups excluding carboxylic acids is 1. The number of aryl methyl sites for hydroxylation is 1. The van der Waals surface area contributed by atoms with Crippen molar-refractivity contribution in [1.82, 2.24) is 0 Å². The van der Waals surface area contributed by atoms with Gasteiger partial charge in [-0.15, -0.1) is 0 Å². The number of rotatable bonds is 5. The first-order valence-corrected chi connectivity index (χ1v) is 7.98. The summed E-state index contributed by atoms with van der Waals surface area (Å²) in [6, 6.07) is 24.6. The Labute approximate surface area is 141 Å². The molecule has 3 heteroatoms. The van der Waals surface area contributed by atoms with Crippen LogP contribution < -0.4 is 10.1 Å². The number of hydrogen-bond acceptors (Lipinski definition) is 2. The largest absolute Gasteiger partial charge is 0.457 e. The van der Waals surface area contributed by atoms with E-state index in [4.69, 9.17) is 4.74 Å². The Kier molecular flexibility index (Phi) is 4.92. The van der Waals surface area contributed by atoms with Crippen LogP contribution in [-0.2, 0) is 6.42 Å². The fourth-order valence-corrected chi connectivity index (χ4v) is 2.33. The molecule has 0 unspecified atom stereocenters. The highest BCUT2D eigenvalue weighted by molar-refractivity contribution is 6.04. The van der Waals surface area contributed by atoms with Gasteiger partial charge in [-0.3, -0.25) is 4.79 Å². The fourth-order valence-electron chi connectivity index (χ4n) is 2.33. The molecule has 0 aromatic heterocycles. The normalized spacial score (nSPS) is 10.2. The highest BCUT2D eigenvalue weighted by atomic mass is 16.5. The maximum atomic E-state index is 12.2. The monoisotopic (exact) mass is 317 g/mol. The lowest BCUT2D eigenvalue weighted by Crippen LogP contribution is -2.11. The number of hydrogen-bond donors (Lipinski definition) is 1. The molecule has 0 aliphatic rings. The first-order chi connectivity index (χ1) is 11.7. The van der Waals surface area contributed by atoms with Crippen LogP contribution in [0.15, 0.2) is 78.9 Å². The standard InChI is InChI=1S/C21H19NO2/c1-2-16-8-10-17(11-9-16)21(23)22-18-12-14-20(15-13-18)24-19-6-4-3-5-7-19/h3-15H,2H2,1H3,(H,22,23). The number of anilines is 1. The van der Waals surface area contributed by atoms with Crippen LogP contribution in [0.25, 0.3) is 0 Å². The van der Waals surface area contributed by atoms with Crippen LogP contribution in [0, 0.1) is 0 Å².